The molecule has 0 bridgehead atoms. The predicted molar refractivity (Wildman–Crippen MR) is 43.2 cm³/mol. The summed E-state index contributed by atoms with van der Waals surface area (Å²) < 4.78 is 6.62. The third kappa shape index (κ3) is 1.42. The molecule has 0 saturated carbocycles. The zero-order valence-corrected chi connectivity index (χ0v) is 7.59. The molecule has 0 fully saturated rings. The number of allylic oxidation sites excluding steroid dienone is 2. The van der Waals surface area contributed by atoms with Crippen LogP contribution >= 0.6 is 0 Å². The van der Waals surface area contributed by atoms with Gasteiger partial charge in [-0.3, -0.25) is 0 Å². The van der Waals surface area contributed by atoms with Crippen LogP contribution in [0.1, 0.15) is 13.8 Å². The Morgan fingerprint density at radius 3 is 2.67 bits per heavy atom. The van der Waals surface area contributed by atoms with E-state index < -0.39 is 0 Å². The molecule has 0 aliphatic carbocycles. The van der Waals surface area contributed by atoms with Crippen molar-refractivity contribution in [1.29, 1.82) is 0 Å². The fourth-order valence-electron chi connectivity index (χ4n) is 0.787. The van der Waals surface area contributed by atoms with Crippen LogP contribution in [0.15, 0.2) is 16.4 Å². The lowest BCUT2D eigenvalue weighted by molar-refractivity contribution is 0.660. The fourth-order valence-corrected chi connectivity index (χ4v) is 1.63. The minimum absolute atomic E-state index is 0.309. The van der Waals surface area contributed by atoms with E-state index in [0.29, 0.717) is 0 Å². The normalized spacial score (nSPS) is 21.9. The highest BCUT2D eigenvalue weighted by Crippen LogP contribution is 2.03. The van der Waals surface area contributed by atoms with Crippen molar-refractivity contribution in [3.8, 4) is 0 Å². The third-order valence-corrected chi connectivity index (χ3v) is 3.12. The highest BCUT2D eigenvalue weighted by Gasteiger charge is 2.02. The number of hydrogen-bond donors (Lipinski definition) is 0. The molecule has 0 aromatic rings. The molecule has 0 N–H and O–H groups in total. The van der Waals surface area contributed by atoms with Gasteiger partial charge in [0.05, 0.1) is 0 Å². The molecule has 0 unspecified atom stereocenters. The second kappa shape index (κ2) is 2.35. The molecule has 2 nitrogen and oxygen atoms in total. The molecule has 9 heavy (non-hydrogen) atoms. The summed E-state index contributed by atoms with van der Waals surface area (Å²) in [7, 11) is 1.80. The first-order valence-electron chi connectivity index (χ1n) is 3.10. The van der Waals surface area contributed by atoms with E-state index in [1.807, 2.05) is 0 Å². The molecule has 0 saturated heterocycles. The van der Waals surface area contributed by atoms with Gasteiger partial charge in [0.1, 0.15) is 0 Å². The first-order chi connectivity index (χ1) is 4.20. The Morgan fingerprint density at radius 2 is 2.22 bits per heavy atom. The lowest BCUT2D eigenvalue weighted by Crippen LogP contribution is -2.24. The number of nitrogens with zero attached hydrogens (tertiary/aromatic N) is 2. The monoisotopic (exact) mass is 140 g/mol. The Morgan fingerprint density at radius 1 is 1.56 bits per heavy atom. The molecule has 3 heteroatoms. The lowest BCUT2D eigenvalue weighted by Gasteiger charge is -2.20. The van der Waals surface area contributed by atoms with Gasteiger partial charge >= 0.3 is 0 Å². The first kappa shape index (κ1) is 6.55. The van der Waals surface area contributed by atoms with E-state index in [9.17, 15) is 0 Å². The predicted octanol–water partition coefficient (Wildman–Crippen LogP) is 0.295. The minimum Gasteiger partial charge on any atom is -0.391 e. The van der Waals surface area contributed by atoms with Gasteiger partial charge in [-0.1, -0.05) is 0 Å². The first-order valence-corrected chi connectivity index (χ1v) is 4.37. The molecule has 0 aromatic carbocycles. The summed E-state index contributed by atoms with van der Waals surface area (Å²) in [5.74, 6) is 0. The highest BCUT2D eigenvalue weighted by molar-refractivity contribution is 6.35. The van der Waals surface area contributed by atoms with Crippen molar-refractivity contribution in [3.05, 3.63) is 11.8 Å². The van der Waals surface area contributed by atoms with E-state index in [1.54, 1.807) is 0 Å². The maximum absolute atomic E-state index is 4.37. The van der Waals surface area contributed by atoms with Crippen molar-refractivity contribution in [2.24, 2.45) is 4.66 Å². The van der Waals surface area contributed by atoms with E-state index in [4.69, 9.17) is 0 Å². The molecule has 1 heterocycles. The van der Waals surface area contributed by atoms with Gasteiger partial charge in [0.2, 0.25) is 0 Å². The van der Waals surface area contributed by atoms with Gasteiger partial charge in [-0.05, 0) is 27.0 Å². The van der Waals surface area contributed by atoms with Gasteiger partial charge in [-0.15, -0.1) is 0 Å². The Bertz CT molecular complexity index is 172. The maximum atomic E-state index is 4.37. The van der Waals surface area contributed by atoms with Crippen molar-refractivity contribution in [3.63, 3.8) is 0 Å². The molecule has 1 rings (SSSR count). The number of hydrogen-bond acceptors (Lipinski definition) is 2. The molecule has 0 spiro atoms. The van der Waals surface area contributed by atoms with E-state index in [2.05, 4.69) is 36.2 Å². The van der Waals surface area contributed by atoms with Crippen molar-refractivity contribution < 1.29 is 0 Å². The molecule has 0 amide bonds. The van der Waals surface area contributed by atoms with E-state index >= 15 is 0 Å². The third-order valence-electron chi connectivity index (χ3n) is 1.55. The molecule has 0 atom stereocenters. The second-order valence-electron chi connectivity index (χ2n) is 2.42. The topological polar surface area (TPSA) is 15.6 Å². The van der Waals surface area contributed by atoms with Gasteiger partial charge in [-0.2, -0.15) is 0 Å². The molecule has 1 aliphatic rings. The van der Waals surface area contributed by atoms with Crippen molar-refractivity contribution in [1.82, 2.24) is 4.57 Å². The molecule has 0 radical (unpaired) electrons. The summed E-state index contributed by atoms with van der Waals surface area (Å²) in [6.45, 7) is 4.19. The molecule has 0 aromatic heterocycles. The van der Waals surface area contributed by atoms with Crippen LogP contribution in [0.25, 0.3) is 0 Å². The summed E-state index contributed by atoms with van der Waals surface area (Å²) in [4.78, 5) is 0. The molecule has 1 aliphatic heterocycles. The zero-order valence-electron chi connectivity index (χ0n) is 6.18. The second-order valence-corrected chi connectivity index (χ2v) is 3.97. The smallest absolute Gasteiger partial charge is 0.251 e. The van der Waals surface area contributed by atoms with E-state index in [0.717, 1.165) is 0 Å². The summed E-state index contributed by atoms with van der Waals surface area (Å²) in [5, 5.41) is 0. The van der Waals surface area contributed by atoms with Crippen molar-refractivity contribution >= 4 is 15.6 Å². The van der Waals surface area contributed by atoms with Crippen LogP contribution in [0.4, 0.5) is 0 Å². The summed E-state index contributed by atoms with van der Waals surface area (Å²) in [6, 6.07) is 0. The van der Waals surface area contributed by atoms with Crippen molar-refractivity contribution in [2.75, 3.05) is 7.05 Å². The van der Waals surface area contributed by atoms with Crippen LogP contribution in [-0.2, 0) is 0 Å². The fraction of sp³-hybridized carbons (Fsp3) is 0.500. The standard InChI is InChI=1S/C6H12N2Si/c1-5-4-6(2)8(3)9-7-5/h4H,9H2,1-3H3. The van der Waals surface area contributed by atoms with E-state index in [-0.39, 0.29) is 9.84 Å². The molecular formula is C6H12N2Si. The Balaban J connectivity index is 2.74. The van der Waals surface area contributed by atoms with Gasteiger partial charge in [0.15, 0.2) is 0 Å². The lowest BCUT2D eigenvalue weighted by atomic mass is 10.3. The van der Waals surface area contributed by atoms with Crippen LogP contribution in [0.2, 0.25) is 0 Å². The summed E-state index contributed by atoms with van der Waals surface area (Å²) in [6.07, 6.45) is 2.12. The van der Waals surface area contributed by atoms with Gasteiger partial charge in [0.25, 0.3) is 9.84 Å². The van der Waals surface area contributed by atoms with Crippen LogP contribution in [0.5, 0.6) is 0 Å². The SMILES string of the molecule is CC1=CC(C)=N[SiH2]N1C. The summed E-state index contributed by atoms with van der Waals surface area (Å²) in [5.41, 5.74) is 2.55. The zero-order chi connectivity index (χ0) is 6.85. The van der Waals surface area contributed by atoms with Crippen LogP contribution in [0.3, 0.4) is 0 Å². The average molecular weight is 140 g/mol. The maximum Gasteiger partial charge on any atom is 0.251 e. The Kier molecular flexibility index (Phi) is 1.71. The highest BCUT2D eigenvalue weighted by atomic mass is 28.2. The van der Waals surface area contributed by atoms with E-state index in [1.165, 1.54) is 11.4 Å². The minimum atomic E-state index is -0.309. The van der Waals surface area contributed by atoms with Gasteiger partial charge < -0.3 is 9.22 Å². The van der Waals surface area contributed by atoms with Crippen LogP contribution < -0.4 is 0 Å². The molecule has 50 valence electrons. The van der Waals surface area contributed by atoms with Crippen molar-refractivity contribution in [2.45, 2.75) is 13.8 Å². The number of rotatable bonds is 0. The van der Waals surface area contributed by atoms with Gasteiger partial charge in [-0.25, -0.2) is 0 Å². The van der Waals surface area contributed by atoms with Crippen LogP contribution in [0, 0.1) is 0 Å². The molecular weight excluding hydrogens is 128 g/mol. The summed E-state index contributed by atoms with van der Waals surface area (Å²) >= 11 is 0. The average Bonchev–Trinajstić information content (AvgIpc) is 1.80. The van der Waals surface area contributed by atoms with Gasteiger partial charge in [0, 0.05) is 11.4 Å². The largest absolute Gasteiger partial charge is 0.391 e. The Labute approximate surface area is 58.3 Å². The Hall–Kier alpha value is -0.573. The van der Waals surface area contributed by atoms with Crippen LogP contribution in [-0.4, -0.2) is 27.2 Å². The quantitative estimate of drug-likeness (QED) is 0.442.